The molecule has 2 aromatic rings. The van der Waals surface area contributed by atoms with E-state index in [1.807, 2.05) is 17.9 Å². The number of carbonyl (C=O) groups excluding carboxylic acids is 1. The van der Waals surface area contributed by atoms with Gasteiger partial charge in [-0.2, -0.15) is 0 Å². The van der Waals surface area contributed by atoms with Gasteiger partial charge in [-0.3, -0.25) is 4.79 Å². The summed E-state index contributed by atoms with van der Waals surface area (Å²) < 4.78 is 23.9. The van der Waals surface area contributed by atoms with E-state index in [-0.39, 0.29) is 11.8 Å². The summed E-state index contributed by atoms with van der Waals surface area (Å²) in [5.41, 5.74) is 1.45. The van der Waals surface area contributed by atoms with E-state index in [1.165, 1.54) is 0 Å². The molecule has 2 atom stereocenters. The van der Waals surface area contributed by atoms with Crippen LogP contribution in [-0.4, -0.2) is 61.6 Å². The number of methoxy groups -OCH3 is 1. The molecular formula is C29H39NO7. The number of likely N-dealkylation sites (tertiary alicyclic amines) is 1. The van der Waals surface area contributed by atoms with E-state index in [9.17, 15) is 9.59 Å². The SMILES string of the molecule is CCCc1c(OCC(=O)O)cccc1OC(Oc1ccc(C(=O)N2CCCC2)cc1)C(CCC)COC. The number of amides is 1. The number of ether oxygens (including phenoxy) is 4. The maximum absolute atomic E-state index is 12.7. The number of nitrogens with zero attached hydrogens (tertiary/aromatic N) is 1. The van der Waals surface area contributed by atoms with Gasteiger partial charge in [0.2, 0.25) is 6.29 Å². The molecular weight excluding hydrogens is 474 g/mol. The highest BCUT2D eigenvalue weighted by atomic mass is 16.7. The number of aliphatic carboxylic acids is 1. The first-order valence-corrected chi connectivity index (χ1v) is 13.1. The van der Waals surface area contributed by atoms with E-state index in [0.717, 1.165) is 50.8 Å². The van der Waals surface area contributed by atoms with Gasteiger partial charge in [-0.1, -0.05) is 32.8 Å². The van der Waals surface area contributed by atoms with Crippen molar-refractivity contribution >= 4 is 11.9 Å². The number of hydrogen-bond acceptors (Lipinski definition) is 6. The normalized spacial score (nSPS) is 14.7. The van der Waals surface area contributed by atoms with Crippen molar-refractivity contribution in [3.05, 3.63) is 53.6 Å². The van der Waals surface area contributed by atoms with E-state index < -0.39 is 18.9 Å². The van der Waals surface area contributed by atoms with Crippen LogP contribution in [0.1, 0.15) is 61.9 Å². The smallest absolute Gasteiger partial charge is 0.341 e. The topological polar surface area (TPSA) is 94.5 Å². The highest BCUT2D eigenvalue weighted by Gasteiger charge is 2.27. The molecule has 3 rings (SSSR count). The molecule has 0 radical (unpaired) electrons. The summed E-state index contributed by atoms with van der Waals surface area (Å²) in [4.78, 5) is 25.7. The van der Waals surface area contributed by atoms with Crippen LogP contribution in [0, 0.1) is 5.92 Å². The van der Waals surface area contributed by atoms with Crippen molar-refractivity contribution in [2.75, 3.05) is 33.4 Å². The molecule has 2 unspecified atom stereocenters. The van der Waals surface area contributed by atoms with Gasteiger partial charge in [0.05, 0.1) is 12.5 Å². The minimum Gasteiger partial charge on any atom is -0.481 e. The molecule has 1 amide bonds. The van der Waals surface area contributed by atoms with Gasteiger partial charge in [0.25, 0.3) is 5.91 Å². The lowest BCUT2D eigenvalue weighted by atomic mass is 10.0. The van der Waals surface area contributed by atoms with Crippen LogP contribution in [0.4, 0.5) is 0 Å². The summed E-state index contributed by atoms with van der Waals surface area (Å²) >= 11 is 0. The average molecular weight is 514 g/mol. The average Bonchev–Trinajstić information content (AvgIpc) is 3.43. The third kappa shape index (κ3) is 8.12. The Labute approximate surface area is 219 Å². The van der Waals surface area contributed by atoms with Gasteiger partial charge in [0.15, 0.2) is 6.61 Å². The molecule has 8 nitrogen and oxygen atoms in total. The Bertz CT molecular complexity index is 996. The first kappa shape index (κ1) is 28.3. The monoisotopic (exact) mass is 513 g/mol. The summed E-state index contributed by atoms with van der Waals surface area (Å²) in [5.74, 6) is 0.624. The van der Waals surface area contributed by atoms with Gasteiger partial charge in [-0.15, -0.1) is 0 Å². The van der Waals surface area contributed by atoms with Crippen LogP contribution in [0.25, 0.3) is 0 Å². The van der Waals surface area contributed by atoms with E-state index in [2.05, 4.69) is 6.92 Å². The molecule has 1 fully saturated rings. The second-order valence-corrected chi connectivity index (χ2v) is 9.30. The van der Waals surface area contributed by atoms with Crippen molar-refractivity contribution in [2.45, 2.75) is 58.7 Å². The number of rotatable bonds is 15. The molecule has 1 aliphatic heterocycles. The lowest BCUT2D eigenvalue weighted by Crippen LogP contribution is -2.36. The zero-order valence-corrected chi connectivity index (χ0v) is 22.1. The van der Waals surface area contributed by atoms with Crippen LogP contribution in [0.2, 0.25) is 0 Å². The minimum absolute atomic E-state index is 0.0440. The van der Waals surface area contributed by atoms with Crippen molar-refractivity contribution in [3.8, 4) is 17.2 Å². The van der Waals surface area contributed by atoms with Crippen molar-refractivity contribution in [2.24, 2.45) is 5.92 Å². The third-order valence-corrected chi connectivity index (χ3v) is 6.36. The first-order chi connectivity index (χ1) is 18.0. The van der Waals surface area contributed by atoms with Crippen LogP contribution in [0.3, 0.4) is 0 Å². The Morgan fingerprint density at radius 3 is 2.30 bits per heavy atom. The fourth-order valence-electron chi connectivity index (χ4n) is 4.56. The number of benzene rings is 2. The highest BCUT2D eigenvalue weighted by molar-refractivity contribution is 5.94. The quantitative estimate of drug-likeness (QED) is 0.328. The maximum Gasteiger partial charge on any atom is 0.341 e. The molecule has 0 spiro atoms. The van der Waals surface area contributed by atoms with Gasteiger partial charge in [-0.25, -0.2) is 4.79 Å². The summed E-state index contributed by atoms with van der Waals surface area (Å²) in [5, 5.41) is 9.07. The minimum atomic E-state index is -1.04. The van der Waals surface area contributed by atoms with E-state index in [1.54, 1.807) is 43.5 Å². The van der Waals surface area contributed by atoms with Crippen LogP contribution in [-0.2, 0) is 16.0 Å². The van der Waals surface area contributed by atoms with Crippen molar-refractivity contribution in [3.63, 3.8) is 0 Å². The molecule has 202 valence electrons. The molecule has 1 aliphatic rings. The Balaban J connectivity index is 1.85. The zero-order chi connectivity index (χ0) is 26.6. The number of carbonyl (C=O) groups is 2. The molecule has 0 aliphatic carbocycles. The predicted molar refractivity (Wildman–Crippen MR) is 140 cm³/mol. The van der Waals surface area contributed by atoms with Crippen LogP contribution in [0.5, 0.6) is 17.2 Å². The molecule has 0 aromatic heterocycles. The summed E-state index contributed by atoms with van der Waals surface area (Å²) in [7, 11) is 1.65. The Hall–Kier alpha value is -3.26. The van der Waals surface area contributed by atoms with Gasteiger partial charge in [-0.05, 0) is 62.1 Å². The van der Waals surface area contributed by atoms with Crippen LogP contribution < -0.4 is 14.2 Å². The lowest BCUT2D eigenvalue weighted by molar-refractivity contribution is -0.139. The second-order valence-electron chi connectivity index (χ2n) is 9.30. The van der Waals surface area contributed by atoms with Crippen LogP contribution >= 0.6 is 0 Å². The molecule has 37 heavy (non-hydrogen) atoms. The number of carboxylic acids is 1. The standard InChI is InChI=1S/C29H39NO7/c1-4-9-22(19-34-3)29(36-23-15-13-21(14-16-23)28(33)30-17-6-7-18-30)37-26-12-8-11-25(24(26)10-5-2)35-20-27(31)32/h8,11-16,22,29H,4-7,9-10,17-20H2,1-3H3,(H,31,32). The second kappa shape index (κ2) is 14.5. The Kier molecular flexibility index (Phi) is 11.1. The first-order valence-electron chi connectivity index (χ1n) is 13.1. The summed E-state index contributed by atoms with van der Waals surface area (Å²) in [6, 6.07) is 12.6. The zero-order valence-electron chi connectivity index (χ0n) is 22.1. The summed E-state index contributed by atoms with van der Waals surface area (Å²) in [6.45, 7) is 5.77. The molecule has 1 heterocycles. The molecule has 8 heteroatoms. The molecule has 0 bridgehead atoms. The lowest BCUT2D eigenvalue weighted by Gasteiger charge is -2.29. The van der Waals surface area contributed by atoms with Gasteiger partial charge in [0, 0.05) is 31.3 Å². The van der Waals surface area contributed by atoms with Crippen molar-refractivity contribution < 1.29 is 33.6 Å². The third-order valence-electron chi connectivity index (χ3n) is 6.36. The molecule has 2 aromatic carbocycles. The fourth-order valence-corrected chi connectivity index (χ4v) is 4.56. The summed E-state index contributed by atoms with van der Waals surface area (Å²) in [6.07, 6.45) is 4.67. The predicted octanol–water partition coefficient (Wildman–Crippen LogP) is 5.19. The van der Waals surface area contributed by atoms with Crippen LogP contribution in [0.15, 0.2) is 42.5 Å². The van der Waals surface area contributed by atoms with Gasteiger partial charge >= 0.3 is 5.97 Å². The highest BCUT2D eigenvalue weighted by Crippen LogP contribution is 2.33. The van der Waals surface area contributed by atoms with Gasteiger partial charge < -0.3 is 29.0 Å². The Morgan fingerprint density at radius 1 is 0.973 bits per heavy atom. The molecule has 1 saturated heterocycles. The number of hydrogen-bond donors (Lipinski definition) is 1. The molecule has 0 saturated carbocycles. The maximum atomic E-state index is 12.7. The Morgan fingerprint density at radius 2 is 1.68 bits per heavy atom. The van der Waals surface area contributed by atoms with E-state index in [4.69, 9.17) is 24.1 Å². The largest absolute Gasteiger partial charge is 0.481 e. The van der Waals surface area contributed by atoms with E-state index >= 15 is 0 Å². The fraction of sp³-hybridized carbons (Fsp3) is 0.517. The van der Waals surface area contributed by atoms with Gasteiger partial charge in [0.1, 0.15) is 17.2 Å². The van der Waals surface area contributed by atoms with Crippen molar-refractivity contribution in [1.29, 1.82) is 0 Å². The molecule has 1 N–H and O–H groups in total. The van der Waals surface area contributed by atoms with Crippen molar-refractivity contribution in [1.82, 2.24) is 4.90 Å². The number of carboxylic acid groups (broad SMARTS) is 1. The van der Waals surface area contributed by atoms with E-state index in [0.29, 0.717) is 35.8 Å².